The van der Waals surface area contributed by atoms with Crippen molar-refractivity contribution in [2.45, 2.75) is 74.7 Å². The van der Waals surface area contributed by atoms with E-state index in [0.29, 0.717) is 0 Å². The van der Waals surface area contributed by atoms with E-state index < -0.39 is 0 Å². The Morgan fingerprint density at radius 2 is 1.00 bits per heavy atom. The van der Waals surface area contributed by atoms with Gasteiger partial charge in [-0.3, -0.25) is 0 Å². The van der Waals surface area contributed by atoms with Crippen LogP contribution in [0.2, 0.25) is 0 Å². The second-order valence-electron chi connectivity index (χ2n) is 8.48. The summed E-state index contributed by atoms with van der Waals surface area (Å²) in [6.07, 6.45) is -0.293. The van der Waals surface area contributed by atoms with Gasteiger partial charge in [-0.2, -0.15) is 0 Å². The molecule has 2 aromatic carbocycles. The molecule has 0 aliphatic carbocycles. The molecule has 1 heterocycles. The topological polar surface area (TPSA) is 18.5 Å². The molecule has 2 nitrogen and oxygen atoms in total. The molecule has 0 bridgehead atoms. The highest BCUT2D eigenvalue weighted by Crippen LogP contribution is 2.50. The summed E-state index contributed by atoms with van der Waals surface area (Å²) in [5.74, 6) is 0. The van der Waals surface area contributed by atoms with Crippen LogP contribution in [0.15, 0.2) is 58.3 Å². The molecule has 0 radical (unpaired) electrons. The fraction of sp³-hybridized carbons (Fsp3) is 0.455. The van der Waals surface area contributed by atoms with E-state index in [1.807, 2.05) is 0 Å². The molecular weight excluding hydrogens is 328 g/mol. The lowest BCUT2D eigenvalue weighted by Crippen LogP contribution is -2.31. The molecular formula is C22H28O2S. The molecule has 25 heavy (non-hydrogen) atoms. The summed E-state index contributed by atoms with van der Waals surface area (Å²) < 4.78 is 13.1. The molecule has 0 N–H and O–H groups in total. The van der Waals surface area contributed by atoms with Gasteiger partial charge in [0.2, 0.25) is 0 Å². The first kappa shape index (κ1) is 18.5. The zero-order chi connectivity index (χ0) is 18.2. The third kappa shape index (κ3) is 4.46. The molecule has 2 atom stereocenters. The van der Waals surface area contributed by atoms with E-state index in [1.165, 1.54) is 20.9 Å². The van der Waals surface area contributed by atoms with Crippen LogP contribution in [-0.4, -0.2) is 11.2 Å². The third-order valence-electron chi connectivity index (χ3n) is 3.91. The fourth-order valence-electron chi connectivity index (χ4n) is 3.07. The van der Waals surface area contributed by atoms with Gasteiger partial charge in [0, 0.05) is 9.79 Å². The second-order valence-corrected chi connectivity index (χ2v) is 9.56. The van der Waals surface area contributed by atoms with Crippen LogP contribution in [0.1, 0.15) is 64.9 Å². The first-order valence-corrected chi connectivity index (χ1v) is 9.67. The van der Waals surface area contributed by atoms with Gasteiger partial charge in [-0.1, -0.05) is 48.2 Å². The number of hydrogen-bond acceptors (Lipinski definition) is 3. The number of hydrogen-bond donors (Lipinski definition) is 0. The maximum Gasteiger partial charge on any atom is 0.115 e. The Labute approximate surface area is 155 Å². The molecule has 3 rings (SSSR count). The largest absolute Gasteiger partial charge is 0.365 e. The van der Waals surface area contributed by atoms with E-state index in [4.69, 9.17) is 9.47 Å². The van der Waals surface area contributed by atoms with Gasteiger partial charge in [0.1, 0.15) is 12.2 Å². The average molecular weight is 357 g/mol. The molecule has 3 heteroatoms. The minimum atomic E-state index is -0.263. The molecule has 0 unspecified atom stereocenters. The van der Waals surface area contributed by atoms with E-state index in [0.717, 1.165) is 0 Å². The minimum Gasteiger partial charge on any atom is -0.365 e. The van der Waals surface area contributed by atoms with E-state index in [1.54, 1.807) is 11.8 Å². The molecule has 0 spiro atoms. The molecule has 1 aliphatic heterocycles. The van der Waals surface area contributed by atoms with Gasteiger partial charge in [-0.05, 0) is 64.8 Å². The zero-order valence-electron chi connectivity index (χ0n) is 16.0. The molecule has 0 aromatic heterocycles. The highest BCUT2D eigenvalue weighted by atomic mass is 32.2. The predicted octanol–water partition coefficient (Wildman–Crippen LogP) is 6.56. The van der Waals surface area contributed by atoms with Crippen molar-refractivity contribution in [3.05, 3.63) is 59.7 Å². The molecule has 0 saturated carbocycles. The second kappa shape index (κ2) is 6.79. The Morgan fingerprint density at radius 3 is 1.36 bits per heavy atom. The van der Waals surface area contributed by atoms with Crippen molar-refractivity contribution in [1.29, 1.82) is 0 Å². The minimum absolute atomic E-state index is 0.147. The lowest BCUT2D eigenvalue weighted by atomic mass is 9.96. The summed E-state index contributed by atoms with van der Waals surface area (Å²) in [4.78, 5) is 2.48. The van der Waals surface area contributed by atoms with Crippen LogP contribution in [0.5, 0.6) is 0 Å². The molecule has 1 aliphatic rings. The molecule has 2 aromatic rings. The van der Waals surface area contributed by atoms with E-state index in [-0.39, 0.29) is 23.4 Å². The van der Waals surface area contributed by atoms with Gasteiger partial charge in [0.25, 0.3) is 0 Å². The summed E-state index contributed by atoms with van der Waals surface area (Å²) in [5.41, 5.74) is 1.88. The number of ether oxygens (including phenoxy) is 2. The van der Waals surface area contributed by atoms with Crippen LogP contribution in [0.3, 0.4) is 0 Å². The highest BCUT2D eigenvalue weighted by molar-refractivity contribution is 7.99. The predicted molar refractivity (Wildman–Crippen MR) is 104 cm³/mol. The van der Waals surface area contributed by atoms with E-state index in [2.05, 4.69) is 90.1 Å². The molecule has 0 amide bonds. The van der Waals surface area contributed by atoms with Gasteiger partial charge in [-0.25, -0.2) is 0 Å². The van der Waals surface area contributed by atoms with E-state index in [9.17, 15) is 0 Å². The van der Waals surface area contributed by atoms with Crippen molar-refractivity contribution in [1.82, 2.24) is 0 Å². The fourth-order valence-corrected chi connectivity index (χ4v) is 4.21. The van der Waals surface area contributed by atoms with Gasteiger partial charge >= 0.3 is 0 Å². The van der Waals surface area contributed by atoms with Crippen molar-refractivity contribution in [2.75, 3.05) is 0 Å². The Bertz CT molecular complexity index is 677. The summed E-state index contributed by atoms with van der Waals surface area (Å²) in [6, 6.07) is 17.0. The smallest absolute Gasteiger partial charge is 0.115 e. The van der Waals surface area contributed by atoms with Gasteiger partial charge < -0.3 is 9.47 Å². The zero-order valence-corrected chi connectivity index (χ0v) is 16.8. The highest BCUT2D eigenvalue weighted by Gasteiger charge is 2.37. The standard InChI is InChI=1S/C22H28O2S/c1-21(2,3)23-19-15-11-7-9-13-17(15)25-18-14-10-8-12-16(18)20(19)24-22(4,5)6/h7-14,19-20H,1-6H3/t19-,20-/m1/s1. The van der Waals surface area contributed by atoms with Crippen molar-refractivity contribution < 1.29 is 9.47 Å². The average Bonchev–Trinajstić information content (AvgIpc) is 2.61. The third-order valence-corrected chi connectivity index (χ3v) is 5.09. The SMILES string of the molecule is CC(C)(C)O[C@@H]1c2ccccc2Sc2ccccc2[C@H]1OC(C)(C)C. The maximum atomic E-state index is 6.56. The van der Waals surface area contributed by atoms with Crippen LogP contribution < -0.4 is 0 Å². The Morgan fingerprint density at radius 1 is 0.640 bits per heavy atom. The van der Waals surface area contributed by atoms with Gasteiger partial charge in [-0.15, -0.1) is 0 Å². The quantitative estimate of drug-likeness (QED) is 0.607. The maximum absolute atomic E-state index is 6.56. The van der Waals surface area contributed by atoms with Gasteiger partial charge in [0.15, 0.2) is 0 Å². The van der Waals surface area contributed by atoms with Crippen molar-refractivity contribution in [3.8, 4) is 0 Å². The Hall–Kier alpha value is -1.29. The Balaban J connectivity index is 2.18. The van der Waals surface area contributed by atoms with Gasteiger partial charge in [0.05, 0.1) is 11.2 Å². The Kier molecular flexibility index (Phi) is 5.02. The lowest BCUT2D eigenvalue weighted by molar-refractivity contribution is -0.169. The first-order valence-electron chi connectivity index (χ1n) is 8.85. The number of benzene rings is 2. The number of rotatable bonds is 2. The van der Waals surface area contributed by atoms with Crippen molar-refractivity contribution >= 4 is 11.8 Å². The summed E-state index contributed by atoms with van der Waals surface area (Å²) >= 11 is 1.80. The van der Waals surface area contributed by atoms with E-state index >= 15 is 0 Å². The monoisotopic (exact) mass is 356 g/mol. The summed E-state index contributed by atoms with van der Waals surface area (Å²) in [5, 5.41) is 0. The van der Waals surface area contributed by atoms with Crippen molar-refractivity contribution in [2.24, 2.45) is 0 Å². The lowest BCUT2D eigenvalue weighted by Gasteiger charge is -2.37. The van der Waals surface area contributed by atoms with Crippen molar-refractivity contribution in [3.63, 3.8) is 0 Å². The van der Waals surface area contributed by atoms with Crippen LogP contribution in [0.4, 0.5) is 0 Å². The first-order chi connectivity index (χ1) is 11.6. The van der Waals surface area contributed by atoms with Crippen LogP contribution in [0, 0.1) is 0 Å². The van der Waals surface area contributed by atoms with Crippen LogP contribution >= 0.6 is 11.8 Å². The van der Waals surface area contributed by atoms with Crippen LogP contribution in [0.25, 0.3) is 0 Å². The number of fused-ring (bicyclic) bond motifs is 2. The summed E-state index contributed by atoms with van der Waals surface area (Å²) in [6.45, 7) is 12.6. The molecule has 0 fully saturated rings. The normalized spacial score (nSPS) is 20.6. The molecule has 0 saturated heterocycles. The van der Waals surface area contributed by atoms with Crippen LogP contribution in [-0.2, 0) is 9.47 Å². The summed E-state index contributed by atoms with van der Waals surface area (Å²) in [7, 11) is 0. The molecule has 134 valence electrons.